The summed E-state index contributed by atoms with van der Waals surface area (Å²) in [6.07, 6.45) is -5.04. The van der Waals surface area contributed by atoms with Crippen molar-refractivity contribution in [3.05, 3.63) is 80.4 Å². The number of rotatable bonds is 4. The van der Waals surface area contributed by atoms with E-state index in [1.54, 1.807) is 30.3 Å². The third kappa shape index (κ3) is 3.34. The van der Waals surface area contributed by atoms with Gasteiger partial charge in [-0.05, 0) is 30.3 Å². The SMILES string of the molecule is O=[N+]([O-])c1cc(C(F)(F)F)cc([N+](=O)[O-])c1-n1c(-c2ccc3c(c2)OCO3)nc2ccccc21. The van der Waals surface area contributed by atoms with Gasteiger partial charge in [-0.2, -0.15) is 13.2 Å². The monoisotopic (exact) mass is 472 g/mol. The van der Waals surface area contributed by atoms with Crippen LogP contribution in [0.5, 0.6) is 11.5 Å². The number of aromatic nitrogens is 2. The molecule has 0 fully saturated rings. The van der Waals surface area contributed by atoms with Crippen molar-refractivity contribution in [1.29, 1.82) is 0 Å². The van der Waals surface area contributed by atoms with E-state index in [-0.39, 0.29) is 30.3 Å². The zero-order valence-corrected chi connectivity index (χ0v) is 16.8. The maximum absolute atomic E-state index is 13.4. The fraction of sp³-hybridized carbons (Fsp3) is 0.0952. The van der Waals surface area contributed by atoms with Crippen LogP contribution in [0.2, 0.25) is 0 Å². The van der Waals surface area contributed by atoms with Gasteiger partial charge in [-0.1, -0.05) is 12.1 Å². The molecule has 10 nitrogen and oxygen atoms in total. The lowest BCUT2D eigenvalue weighted by molar-refractivity contribution is -0.394. The molecular formula is C21H11F3N4O6. The lowest BCUT2D eigenvalue weighted by Crippen LogP contribution is -2.11. The predicted octanol–water partition coefficient (Wildman–Crippen LogP) is 5.26. The average Bonchev–Trinajstić information content (AvgIpc) is 3.41. The Morgan fingerprint density at radius 3 is 2.21 bits per heavy atom. The molecule has 2 heterocycles. The average molecular weight is 472 g/mol. The number of hydrogen-bond donors (Lipinski definition) is 0. The summed E-state index contributed by atoms with van der Waals surface area (Å²) in [5.41, 5.74) is -3.45. The largest absolute Gasteiger partial charge is 0.454 e. The van der Waals surface area contributed by atoms with Gasteiger partial charge in [0.1, 0.15) is 5.82 Å². The van der Waals surface area contributed by atoms with Gasteiger partial charge in [0.15, 0.2) is 11.5 Å². The summed E-state index contributed by atoms with van der Waals surface area (Å²) >= 11 is 0. The molecule has 4 aromatic rings. The summed E-state index contributed by atoms with van der Waals surface area (Å²) in [4.78, 5) is 26.0. The molecule has 0 amide bonds. The summed E-state index contributed by atoms with van der Waals surface area (Å²) in [5.74, 6) is 0.830. The van der Waals surface area contributed by atoms with Crippen LogP contribution in [-0.4, -0.2) is 26.2 Å². The molecule has 3 aromatic carbocycles. The number of hydrogen-bond acceptors (Lipinski definition) is 7. The van der Waals surface area contributed by atoms with Gasteiger partial charge in [0.2, 0.25) is 12.5 Å². The third-order valence-electron chi connectivity index (χ3n) is 5.21. The normalized spacial score (nSPS) is 12.8. The molecule has 1 aliphatic heterocycles. The standard InChI is InChI=1S/C21H11F3N4O6/c22-21(23,24)12-8-15(27(29)30)19(16(9-12)28(31)32)26-14-4-2-1-3-13(14)25-20(26)11-5-6-17-18(7-11)34-10-33-17/h1-9H,10H2. The van der Waals surface area contributed by atoms with E-state index in [1.165, 1.54) is 12.1 Å². The van der Waals surface area contributed by atoms with Crippen molar-refractivity contribution in [2.24, 2.45) is 0 Å². The van der Waals surface area contributed by atoms with Gasteiger partial charge >= 0.3 is 17.6 Å². The van der Waals surface area contributed by atoms with E-state index in [0.29, 0.717) is 22.6 Å². The highest BCUT2D eigenvalue weighted by molar-refractivity contribution is 5.86. The molecule has 0 aliphatic carbocycles. The molecule has 0 spiro atoms. The zero-order valence-electron chi connectivity index (χ0n) is 16.8. The van der Waals surface area contributed by atoms with Crippen molar-refractivity contribution >= 4 is 22.4 Å². The van der Waals surface area contributed by atoms with E-state index in [2.05, 4.69) is 4.98 Å². The minimum absolute atomic E-state index is 0.0228. The molecule has 0 atom stereocenters. The highest BCUT2D eigenvalue weighted by Gasteiger charge is 2.39. The highest BCUT2D eigenvalue weighted by Crippen LogP contribution is 2.44. The first kappa shape index (κ1) is 21.2. The number of nitro benzene ring substituents is 2. The molecule has 1 aliphatic rings. The van der Waals surface area contributed by atoms with Crippen molar-refractivity contribution in [2.45, 2.75) is 6.18 Å². The van der Waals surface area contributed by atoms with Crippen LogP contribution in [0, 0.1) is 20.2 Å². The first-order chi connectivity index (χ1) is 16.1. The smallest absolute Gasteiger partial charge is 0.416 e. The van der Waals surface area contributed by atoms with E-state index >= 15 is 0 Å². The number of ether oxygens (including phenoxy) is 2. The van der Waals surface area contributed by atoms with E-state index in [4.69, 9.17) is 9.47 Å². The summed E-state index contributed by atoms with van der Waals surface area (Å²) < 4.78 is 51.9. The summed E-state index contributed by atoms with van der Waals surface area (Å²) in [5, 5.41) is 23.7. The van der Waals surface area contributed by atoms with Crippen molar-refractivity contribution < 1.29 is 32.5 Å². The van der Waals surface area contributed by atoms with Gasteiger partial charge in [0, 0.05) is 17.7 Å². The lowest BCUT2D eigenvalue weighted by Gasteiger charge is -2.13. The maximum atomic E-state index is 13.4. The third-order valence-corrected chi connectivity index (χ3v) is 5.21. The number of nitrogens with zero attached hydrogens (tertiary/aromatic N) is 4. The second kappa shape index (κ2) is 7.43. The van der Waals surface area contributed by atoms with Crippen LogP contribution in [0.4, 0.5) is 24.5 Å². The van der Waals surface area contributed by atoms with Crippen molar-refractivity contribution in [1.82, 2.24) is 9.55 Å². The van der Waals surface area contributed by atoms with Crippen LogP contribution in [0.1, 0.15) is 5.56 Å². The predicted molar refractivity (Wildman–Crippen MR) is 111 cm³/mol. The van der Waals surface area contributed by atoms with Crippen LogP contribution >= 0.6 is 0 Å². The van der Waals surface area contributed by atoms with E-state index < -0.39 is 38.6 Å². The first-order valence-corrected chi connectivity index (χ1v) is 9.57. The molecule has 0 saturated heterocycles. The second-order valence-electron chi connectivity index (χ2n) is 7.20. The Labute approximate surface area is 187 Å². The summed E-state index contributed by atoms with van der Waals surface area (Å²) in [7, 11) is 0. The van der Waals surface area contributed by atoms with Crippen LogP contribution in [0.3, 0.4) is 0 Å². The Bertz CT molecular complexity index is 1460. The quantitative estimate of drug-likeness (QED) is 0.293. The van der Waals surface area contributed by atoms with Gasteiger partial charge in [0.05, 0.1) is 26.4 Å². The lowest BCUT2D eigenvalue weighted by atomic mass is 10.1. The Morgan fingerprint density at radius 2 is 1.56 bits per heavy atom. The number of benzene rings is 3. The van der Waals surface area contributed by atoms with Gasteiger partial charge < -0.3 is 9.47 Å². The molecular weight excluding hydrogens is 461 g/mol. The number of para-hydroxylation sites is 2. The Morgan fingerprint density at radius 1 is 0.912 bits per heavy atom. The molecule has 0 saturated carbocycles. The van der Waals surface area contributed by atoms with Crippen LogP contribution in [0.15, 0.2) is 54.6 Å². The molecule has 172 valence electrons. The Hall–Kier alpha value is -4.68. The van der Waals surface area contributed by atoms with Crippen LogP contribution in [-0.2, 0) is 6.18 Å². The molecule has 1 aromatic heterocycles. The van der Waals surface area contributed by atoms with Crippen molar-refractivity contribution in [3.63, 3.8) is 0 Å². The van der Waals surface area contributed by atoms with Crippen molar-refractivity contribution in [3.8, 4) is 28.6 Å². The minimum Gasteiger partial charge on any atom is -0.454 e. The fourth-order valence-corrected chi connectivity index (χ4v) is 3.76. The molecule has 13 heteroatoms. The summed E-state index contributed by atoms with van der Waals surface area (Å²) in [6.45, 7) is -0.0228. The van der Waals surface area contributed by atoms with Crippen LogP contribution < -0.4 is 9.47 Å². The van der Waals surface area contributed by atoms with Crippen molar-refractivity contribution in [2.75, 3.05) is 6.79 Å². The van der Waals surface area contributed by atoms with E-state index in [0.717, 1.165) is 4.57 Å². The molecule has 34 heavy (non-hydrogen) atoms. The number of nitro groups is 2. The number of fused-ring (bicyclic) bond motifs is 2. The van der Waals surface area contributed by atoms with E-state index in [9.17, 15) is 33.4 Å². The number of halogens is 3. The topological polar surface area (TPSA) is 123 Å². The molecule has 0 bridgehead atoms. The van der Waals surface area contributed by atoms with E-state index in [1.807, 2.05) is 0 Å². The maximum Gasteiger partial charge on any atom is 0.416 e. The molecule has 0 N–H and O–H groups in total. The molecule has 0 radical (unpaired) electrons. The zero-order chi connectivity index (χ0) is 24.2. The number of imidazole rings is 1. The molecule has 0 unspecified atom stereocenters. The Balaban J connectivity index is 1.89. The first-order valence-electron chi connectivity index (χ1n) is 9.57. The van der Waals surface area contributed by atoms with Gasteiger partial charge in [0.25, 0.3) is 0 Å². The number of alkyl halides is 3. The second-order valence-corrected chi connectivity index (χ2v) is 7.20. The Kier molecular flexibility index (Phi) is 4.63. The highest BCUT2D eigenvalue weighted by atomic mass is 19.4. The molecule has 5 rings (SSSR count). The van der Waals surface area contributed by atoms with Gasteiger partial charge in [-0.3, -0.25) is 24.8 Å². The van der Waals surface area contributed by atoms with Crippen LogP contribution in [0.25, 0.3) is 28.1 Å². The minimum atomic E-state index is -5.04. The van der Waals surface area contributed by atoms with Gasteiger partial charge in [-0.15, -0.1) is 0 Å². The summed E-state index contributed by atoms with van der Waals surface area (Å²) in [6, 6.07) is 11.5. The fourth-order valence-electron chi connectivity index (χ4n) is 3.76. The van der Waals surface area contributed by atoms with Gasteiger partial charge in [-0.25, -0.2) is 4.98 Å².